The van der Waals surface area contributed by atoms with Crippen molar-refractivity contribution in [2.75, 3.05) is 26.8 Å². The summed E-state index contributed by atoms with van der Waals surface area (Å²) in [5.74, 6) is -0.116. The van der Waals surface area contributed by atoms with Crippen molar-refractivity contribution in [2.45, 2.75) is 38.6 Å². The van der Waals surface area contributed by atoms with Gasteiger partial charge in [-0.2, -0.15) is 0 Å². The maximum atomic E-state index is 11.8. The number of ether oxygens (including phenoxy) is 1. The van der Waals surface area contributed by atoms with Crippen molar-refractivity contribution in [1.82, 2.24) is 10.2 Å². The monoisotopic (exact) mass is 242 g/mol. The molecule has 0 bridgehead atoms. The van der Waals surface area contributed by atoms with E-state index in [1.807, 2.05) is 6.92 Å². The van der Waals surface area contributed by atoms with Crippen LogP contribution in [-0.2, 0) is 14.3 Å². The number of carbonyl (C=O) groups excluding carboxylic acids is 2. The van der Waals surface area contributed by atoms with Crippen LogP contribution in [0.4, 0.5) is 0 Å². The van der Waals surface area contributed by atoms with Gasteiger partial charge in [0.2, 0.25) is 11.8 Å². The van der Waals surface area contributed by atoms with E-state index in [-0.39, 0.29) is 17.9 Å². The van der Waals surface area contributed by atoms with Gasteiger partial charge in [0, 0.05) is 20.3 Å². The number of hydrogen-bond donors (Lipinski definition) is 1. The third-order valence-electron chi connectivity index (χ3n) is 2.86. The summed E-state index contributed by atoms with van der Waals surface area (Å²) in [6.07, 6.45) is 3.05. The van der Waals surface area contributed by atoms with Gasteiger partial charge in [-0.3, -0.25) is 14.5 Å². The summed E-state index contributed by atoms with van der Waals surface area (Å²) in [4.78, 5) is 24.8. The first-order valence-corrected chi connectivity index (χ1v) is 6.27. The molecule has 2 amide bonds. The highest BCUT2D eigenvalue weighted by atomic mass is 16.5. The maximum absolute atomic E-state index is 11.8. The van der Waals surface area contributed by atoms with Crippen molar-refractivity contribution in [3.05, 3.63) is 0 Å². The number of rotatable bonds is 8. The smallest absolute Gasteiger partial charge is 0.246 e. The minimum absolute atomic E-state index is 0.0498. The van der Waals surface area contributed by atoms with E-state index in [9.17, 15) is 9.59 Å². The average Bonchev–Trinajstić information content (AvgIpc) is 2.57. The topological polar surface area (TPSA) is 58.6 Å². The maximum Gasteiger partial charge on any atom is 0.246 e. The normalized spacial score (nSPS) is 20.4. The first-order chi connectivity index (χ1) is 8.20. The zero-order chi connectivity index (χ0) is 12.7. The fourth-order valence-electron chi connectivity index (χ4n) is 1.95. The number of carbonyl (C=O) groups is 2. The summed E-state index contributed by atoms with van der Waals surface area (Å²) in [7, 11) is 1.68. The van der Waals surface area contributed by atoms with Crippen molar-refractivity contribution in [3.8, 4) is 0 Å². The highest BCUT2D eigenvalue weighted by Gasteiger charge is 2.37. The molecule has 98 valence electrons. The molecule has 0 saturated carbocycles. The van der Waals surface area contributed by atoms with E-state index in [1.165, 1.54) is 4.90 Å². The first kappa shape index (κ1) is 14.1. The minimum atomic E-state index is -0.309. The van der Waals surface area contributed by atoms with Crippen molar-refractivity contribution < 1.29 is 14.3 Å². The van der Waals surface area contributed by atoms with Gasteiger partial charge in [0.15, 0.2) is 0 Å². The summed E-state index contributed by atoms with van der Waals surface area (Å²) in [6.45, 7) is 4.00. The van der Waals surface area contributed by atoms with E-state index in [0.29, 0.717) is 13.0 Å². The van der Waals surface area contributed by atoms with Gasteiger partial charge >= 0.3 is 0 Å². The SMILES string of the molecule is CCCN1C(=O)CC(NCCCCOC)C1=O. The predicted molar refractivity (Wildman–Crippen MR) is 64.5 cm³/mol. The quantitative estimate of drug-likeness (QED) is 0.498. The Bertz CT molecular complexity index is 268. The van der Waals surface area contributed by atoms with Crippen LogP contribution in [0.5, 0.6) is 0 Å². The van der Waals surface area contributed by atoms with Crippen LogP contribution in [0.15, 0.2) is 0 Å². The minimum Gasteiger partial charge on any atom is -0.385 e. The van der Waals surface area contributed by atoms with Gasteiger partial charge in [0.1, 0.15) is 0 Å². The number of nitrogens with zero attached hydrogens (tertiary/aromatic N) is 1. The van der Waals surface area contributed by atoms with E-state index < -0.39 is 0 Å². The largest absolute Gasteiger partial charge is 0.385 e. The summed E-state index contributed by atoms with van der Waals surface area (Å²) in [6, 6.07) is -0.309. The summed E-state index contributed by atoms with van der Waals surface area (Å²) < 4.78 is 4.94. The molecule has 1 aliphatic heterocycles. The Labute approximate surface area is 102 Å². The average molecular weight is 242 g/mol. The molecule has 0 aromatic heterocycles. The van der Waals surface area contributed by atoms with E-state index in [1.54, 1.807) is 7.11 Å². The molecule has 0 aromatic rings. The Kier molecular flexibility index (Phi) is 6.15. The molecule has 1 N–H and O–H groups in total. The molecule has 1 rings (SSSR count). The highest BCUT2D eigenvalue weighted by molar-refractivity contribution is 6.05. The summed E-state index contributed by atoms with van der Waals surface area (Å²) in [5, 5.41) is 3.14. The molecule has 17 heavy (non-hydrogen) atoms. The molecule has 0 aromatic carbocycles. The van der Waals surface area contributed by atoms with Gasteiger partial charge in [0.25, 0.3) is 0 Å². The second-order valence-corrected chi connectivity index (χ2v) is 4.29. The predicted octanol–water partition coefficient (Wildman–Crippen LogP) is 0.540. The third-order valence-corrected chi connectivity index (χ3v) is 2.86. The molecule has 5 heteroatoms. The van der Waals surface area contributed by atoms with Crippen molar-refractivity contribution in [1.29, 1.82) is 0 Å². The van der Waals surface area contributed by atoms with E-state index in [0.717, 1.165) is 32.4 Å². The van der Waals surface area contributed by atoms with Crippen molar-refractivity contribution in [2.24, 2.45) is 0 Å². The van der Waals surface area contributed by atoms with Gasteiger partial charge in [-0.25, -0.2) is 0 Å². The molecule has 1 unspecified atom stereocenters. The Balaban J connectivity index is 2.26. The Morgan fingerprint density at radius 3 is 2.82 bits per heavy atom. The number of likely N-dealkylation sites (tertiary alicyclic amines) is 1. The van der Waals surface area contributed by atoms with Crippen LogP contribution in [0.1, 0.15) is 32.6 Å². The van der Waals surface area contributed by atoms with Crippen molar-refractivity contribution in [3.63, 3.8) is 0 Å². The fourth-order valence-corrected chi connectivity index (χ4v) is 1.95. The van der Waals surface area contributed by atoms with Crippen LogP contribution in [-0.4, -0.2) is 49.6 Å². The molecule has 0 spiro atoms. The zero-order valence-corrected chi connectivity index (χ0v) is 10.7. The third kappa shape index (κ3) is 4.09. The van der Waals surface area contributed by atoms with Gasteiger partial charge < -0.3 is 10.1 Å². The second-order valence-electron chi connectivity index (χ2n) is 4.29. The second kappa shape index (κ2) is 7.40. The van der Waals surface area contributed by atoms with Gasteiger partial charge in [0.05, 0.1) is 12.5 Å². The molecule has 1 atom stereocenters. The molecular weight excluding hydrogens is 220 g/mol. The molecular formula is C12H22N2O3. The lowest BCUT2D eigenvalue weighted by Crippen LogP contribution is -2.39. The van der Waals surface area contributed by atoms with Gasteiger partial charge in [-0.05, 0) is 25.8 Å². The highest BCUT2D eigenvalue weighted by Crippen LogP contribution is 2.13. The lowest BCUT2D eigenvalue weighted by atomic mass is 10.2. The number of amides is 2. The molecule has 1 fully saturated rings. The molecule has 1 aliphatic rings. The fraction of sp³-hybridized carbons (Fsp3) is 0.833. The molecule has 0 aliphatic carbocycles. The molecule has 0 radical (unpaired) electrons. The van der Waals surface area contributed by atoms with Crippen LogP contribution in [0.3, 0.4) is 0 Å². The Morgan fingerprint density at radius 1 is 1.41 bits per heavy atom. The van der Waals surface area contributed by atoms with Crippen LogP contribution in [0.2, 0.25) is 0 Å². The number of nitrogens with one attached hydrogen (secondary N) is 1. The first-order valence-electron chi connectivity index (χ1n) is 6.27. The Hall–Kier alpha value is -0.940. The number of unbranched alkanes of at least 4 members (excludes halogenated alkanes) is 1. The molecule has 5 nitrogen and oxygen atoms in total. The van der Waals surface area contributed by atoms with Crippen LogP contribution >= 0.6 is 0 Å². The van der Waals surface area contributed by atoms with Crippen LogP contribution in [0, 0.1) is 0 Å². The number of imide groups is 1. The number of hydrogen-bond acceptors (Lipinski definition) is 4. The summed E-state index contributed by atoms with van der Waals surface area (Å²) in [5.41, 5.74) is 0. The lowest BCUT2D eigenvalue weighted by Gasteiger charge is -2.14. The molecule has 1 saturated heterocycles. The van der Waals surface area contributed by atoms with E-state index in [4.69, 9.17) is 4.74 Å². The molecule has 1 heterocycles. The lowest BCUT2D eigenvalue weighted by molar-refractivity contribution is -0.138. The van der Waals surface area contributed by atoms with Crippen LogP contribution < -0.4 is 5.32 Å². The summed E-state index contributed by atoms with van der Waals surface area (Å²) >= 11 is 0. The standard InChI is InChI=1S/C12H22N2O3/c1-3-7-14-11(15)9-10(12(14)16)13-6-4-5-8-17-2/h10,13H,3-9H2,1-2H3. The van der Waals surface area contributed by atoms with E-state index in [2.05, 4.69) is 5.32 Å². The van der Waals surface area contributed by atoms with Gasteiger partial charge in [-0.15, -0.1) is 0 Å². The van der Waals surface area contributed by atoms with Crippen LogP contribution in [0.25, 0.3) is 0 Å². The van der Waals surface area contributed by atoms with E-state index >= 15 is 0 Å². The number of methoxy groups -OCH3 is 1. The Morgan fingerprint density at radius 2 is 2.18 bits per heavy atom. The zero-order valence-electron chi connectivity index (χ0n) is 10.7. The van der Waals surface area contributed by atoms with Gasteiger partial charge in [-0.1, -0.05) is 6.92 Å². The van der Waals surface area contributed by atoms with Crippen molar-refractivity contribution >= 4 is 11.8 Å².